The maximum Gasteiger partial charge on any atom is 0.233 e. The maximum atomic E-state index is 11.7. The highest BCUT2D eigenvalue weighted by Gasteiger charge is 2.29. The van der Waals surface area contributed by atoms with Gasteiger partial charge in [0.15, 0.2) is 0 Å². The van der Waals surface area contributed by atoms with E-state index in [0.29, 0.717) is 6.61 Å². The second-order valence-electron chi connectivity index (χ2n) is 4.15. The Kier molecular flexibility index (Phi) is 4.83. The van der Waals surface area contributed by atoms with E-state index in [1.807, 2.05) is 36.1 Å². The number of amides is 1. The fourth-order valence-electron chi connectivity index (χ4n) is 1.91. The third-order valence-electron chi connectivity index (χ3n) is 2.92. The van der Waals surface area contributed by atoms with Crippen molar-refractivity contribution in [2.45, 2.75) is 12.3 Å². The minimum absolute atomic E-state index is 0.0849. The number of hydrogen-bond donors (Lipinski definition) is 1. The quantitative estimate of drug-likeness (QED) is 0.859. The largest absolute Gasteiger partial charge is 0.490 e. The molecule has 1 aromatic carbocycles. The SMILES string of the molecule is Cc1ccccc1OCC1SCCN1C(=O)CS. The maximum absolute atomic E-state index is 11.7. The van der Waals surface area contributed by atoms with Crippen molar-refractivity contribution in [2.75, 3.05) is 24.7 Å². The topological polar surface area (TPSA) is 29.5 Å². The van der Waals surface area contributed by atoms with E-state index in [9.17, 15) is 4.79 Å². The second-order valence-corrected chi connectivity index (χ2v) is 5.75. The Balaban J connectivity index is 1.94. The van der Waals surface area contributed by atoms with Crippen molar-refractivity contribution in [1.82, 2.24) is 4.90 Å². The van der Waals surface area contributed by atoms with E-state index in [1.54, 1.807) is 11.8 Å². The van der Waals surface area contributed by atoms with Gasteiger partial charge in [0.1, 0.15) is 17.7 Å². The lowest BCUT2D eigenvalue weighted by atomic mass is 10.2. The average Bonchev–Trinajstić information content (AvgIpc) is 2.85. The van der Waals surface area contributed by atoms with Crippen molar-refractivity contribution in [1.29, 1.82) is 0 Å². The number of benzene rings is 1. The van der Waals surface area contributed by atoms with Crippen molar-refractivity contribution in [3.8, 4) is 5.75 Å². The van der Waals surface area contributed by atoms with Gasteiger partial charge in [-0.1, -0.05) is 18.2 Å². The van der Waals surface area contributed by atoms with E-state index in [4.69, 9.17) is 4.74 Å². The second kappa shape index (κ2) is 6.38. The molecule has 0 N–H and O–H groups in total. The molecule has 1 unspecified atom stereocenters. The Morgan fingerprint density at radius 1 is 1.56 bits per heavy atom. The zero-order chi connectivity index (χ0) is 13.0. The molecule has 1 aromatic rings. The lowest BCUT2D eigenvalue weighted by molar-refractivity contribution is -0.128. The van der Waals surface area contributed by atoms with Gasteiger partial charge in [0.2, 0.25) is 5.91 Å². The summed E-state index contributed by atoms with van der Waals surface area (Å²) < 4.78 is 5.81. The lowest BCUT2D eigenvalue weighted by Gasteiger charge is -2.23. The number of carbonyl (C=O) groups is 1. The van der Waals surface area contributed by atoms with Crippen LogP contribution in [0.1, 0.15) is 5.56 Å². The molecule has 1 aliphatic heterocycles. The van der Waals surface area contributed by atoms with E-state index in [1.165, 1.54) is 0 Å². The van der Waals surface area contributed by atoms with Gasteiger partial charge in [-0.2, -0.15) is 12.6 Å². The summed E-state index contributed by atoms with van der Waals surface area (Å²) in [5.41, 5.74) is 1.12. The van der Waals surface area contributed by atoms with Crippen LogP contribution in [0.3, 0.4) is 0 Å². The van der Waals surface area contributed by atoms with Crippen LogP contribution < -0.4 is 4.74 Å². The van der Waals surface area contributed by atoms with Gasteiger partial charge >= 0.3 is 0 Å². The Hall–Kier alpha value is -0.810. The fraction of sp³-hybridized carbons (Fsp3) is 0.462. The number of aryl methyl sites for hydroxylation is 1. The smallest absolute Gasteiger partial charge is 0.233 e. The first-order valence-electron chi connectivity index (χ1n) is 5.92. The van der Waals surface area contributed by atoms with Gasteiger partial charge in [-0.3, -0.25) is 4.79 Å². The molecule has 5 heteroatoms. The van der Waals surface area contributed by atoms with E-state index in [-0.39, 0.29) is 17.0 Å². The number of rotatable bonds is 4. The van der Waals surface area contributed by atoms with Gasteiger partial charge in [0, 0.05) is 12.3 Å². The van der Waals surface area contributed by atoms with Gasteiger partial charge in [-0.25, -0.2) is 0 Å². The molecule has 0 spiro atoms. The normalized spacial score (nSPS) is 19.0. The third-order valence-corrected chi connectivity index (χ3v) is 4.38. The number of thiol groups is 1. The van der Waals surface area contributed by atoms with Gasteiger partial charge in [-0.15, -0.1) is 11.8 Å². The molecule has 1 atom stereocenters. The molecule has 2 rings (SSSR count). The van der Waals surface area contributed by atoms with E-state index in [0.717, 1.165) is 23.6 Å². The first kappa shape index (κ1) is 13.6. The summed E-state index contributed by atoms with van der Waals surface area (Å²) in [6, 6.07) is 7.93. The first-order valence-corrected chi connectivity index (χ1v) is 7.61. The van der Waals surface area contributed by atoms with E-state index in [2.05, 4.69) is 12.6 Å². The van der Waals surface area contributed by atoms with Crippen LogP contribution in [-0.2, 0) is 4.79 Å². The molecule has 1 fully saturated rings. The molecule has 18 heavy (non-hydrogen) atoms. The molecule has 98 valence electrons. The highest BCUT2D eigenvalue weighted by molar-refractivity contribution is 8.00. The molecule has 0 bridgehead atoms. The van der Waals surface area contributed by atoms with Crippen LogP contribution in [0, 0.1) is 6.92 Å². The molecule has 0 aliphatic carbocycles. The molecule has 1 aliphatic rings. The van der Waals surface area contributed by atoms with Crippen LogP contribution in [0.25, 0.3) is 0 Å². The van der Waals surface area contributed by atoms with Crippen molar-refractivity contribution < 1.29 is 9.53 Å². The molecule has 1 amide bonds. The van der Waals surface area contributed by atoms with Crippen LogP contribution in [-0.4, -0.2) is 40.8 Å². The third kappa shape index (κ3) is 3.14. The first-order chi connectivity index (χ1) is 8.72. The number of nitrogens with zero attached hydrogens (tertiary/aromatic N) is 1. The molecular weight excluding hydrogens is 266 g/mol. The van der Waals surface area contributed by atoms with Crippen molar-refractivity contribution in [2.24, 2.45) is 0 Å². The molecule has 1 saturated heterocycles. The van der Waals surface area contributed by atoms with Crippen LogP contribution >= 0.6 is 24.4 Å². The van der Waals surface area contributed by atoms with Gasteiger partial charge in [-0.05, 0) is 18.6 Å². The Morgan fingerprint density at radius 3 is 3.06 bits per heavy atom. The van der Waals surface area contributed by atoms with Crippen molar-refractivity contribution >= 4 is 30.3 Å². The molecule has 0 aromatic heterocycles. The van der Waals surface area contributed by atoms with Crippen molar-refractivity contribution in [3.63, 3.8) is 0 Å². The number of para-hydroxylation sites is 1. The molecule has 0 saturated carbocycles. The van der Waals surface area contributed by atoms with Crippen LogP contribution in [0.4, 0.5) is 0 Å². The highest BCUT2D eigenvalue weighted by Crippen LogP contribution is 2.25. The average molecular weight is 283 g/mol. The highest BCUT2D eigenvalue weighted by atomic mass is 32.2. The summed E-state index contributed by atoms with van der Waals surface area (Å²) in [7, 11) is 0. The molecule has 1 heterocycles. The summed E-state index contributed by atoms with van der Waals surface area (Å²) in [6.07, 6.45) is 0. The monoisotopic (exact) mass is 283 g/mol. The molecule has 0 radical (unpaired) electrons. The lowest BCUT2D eigenvalue weighted by Crippen LogP contribution is -2.38. The zero-order valence-corrected chi connectivity index (χ0v) is 12.0. The predicted molar refractivity (Wildman–Crippen MR) is 78.5 cm³/mol. The molecular formula is C13H17NO2S2. The van der Waals surface area contributed by atoms with E-state index >= 15 is 0 Å². The van der Waals surface area contributed by atoms with Gasteiger partial charge in [0.05, 0.1) is 5.75 Å². The van der Waals surface area contributed by atoms with Crippen LogP contribution in [0.2, 0.25) is 0 Å². The number of hydrogen-bond acceptors (Lipinski definition) is 4. The Morgan fingerprint density at radius 2 is 2.33 bits per heavy atom. The number of ether oxygens (including phenoxy) is 1. The van der Waals surface area contributed by atoms with Gasteiger partial charge < -0.3 is 9.64 Å². The Labute approximate surface area is 117 Å². The minimum Gasteiger partial charge on any atom is -0.490 e. The van der Waals surface area contributed by atoms with Crippen LogP contribution in [0.5, 0.6) is 5.75 Å². The summed E-state index contributed by atoms with van der Waals surface area (Å²) >= 11 is 5.81. The number of carbonyl (C=O) groups excluding carboxylic acids is 1. The summed E-state index contributed by atoms with van der Waals surface area (Å²) in [5.74, 6) is 2.22. The number of thioether (sulfide) groups is 1. The van der Waals surface area contributed by atoms with Crippen molar-refractivity contribution in [3.05, 3.63) is 29.8 Å². The van der Waals surface area contributed by atoms with E-state index < -0.39 is 0 Å². The fourth-order valence-corrected chi connectivity index (χ4v) is 3.24. The standard InChI is InChI=1S/C13H17NO2S2/c1-10-4-2-3-5-11(10)16-8-13-14(6-7-18-13)12(15)9-17/h2-5,13,17H,6-9H2,1H3. The Bertz CT molecular complexity index is 425. The molecule has 3 nitrogen and oxygen atoms in total. The zero-order valence-electron chi connectivity index (χ0n) is 10.3. The predicted octanol–water partition coefficient (Wildman–Crippen LogP) is 2.21. The van der Waals surface area contributed by atoms with Crippen LogP contribution in [0.15, 0.2) is 24.3 Å². The summed E-state index contributed by atoms with van der Waals surface area (Å²) in [4.78, 5) is 13.5. The summed E-state index contributed by atoms with van der Waals surface area (Å²) in [5, 5.41) is 0.115. The minimum atomic E-state index is 0.0849. The van der Waals surface area contributed by atoms with Gasteiger partial charge in [0.25, 0.3) is 0 Å². The summed E-state index contributed by atoms with van der Waals surface area (Å²) in [6.45, 7) is 3.36.